The third-order valence-electron chi connectivity index (χ3n) is 4.35. The van der Waals surface area contributed by atoms with Crippen LogP contribution in [0.15, 0.2) is 36.4 Å². The molecule has 2 nitrogen and oxygen atoms in total. The third kappa shape index (κ3) is 2.60. The van der Waals surface area contributed by atoms with E-state index in [1.807, 2.05) is 24.3 Å². The monoisotopic (exact) mass is 269 g/mol. The van der Waals surface area contributed by atoms with Crippen LogP contribution in [0.1, 0.15) is 33.1 Å². The molecule has 1 aliphatic carbocycles. The average molecular weight is 269 g/mol. The van der Waals surface area contributed by atoms with E-state index in [0.29, 0.717) is 6.10 Å². The molecule has 20 heavy (non-hydrogen) atoms. The van der Waals surface area contributed by atoms with E-state index in [1.165, 1.54) is 6.42 Å². The first-order valence-electron chi connectivity index (χ1n) is 7.57. The van der Waals surface area contributed by atoms with E-state index in [2.05, 4.69) is 26.0 Å². The summed E-state index contributed by atoms with van der Waals surface area (Å²) in [5.41, 5.74) is 6.86. The molecule has 1 aliphatic rings. The van der Waals surface area contributed by atoms with Crippen molar-refractivity contribution in [3.05, 3.63) is 36.4 Å². The smallest absolute Gasteiger partial charge is 0.127 e. The number of hydrogen-bond acceptors (Lipinski definition) is 2. The van der Waals surface area contributed by atoms with Crippen LogP contribution in [-0.4, -0.2) is 6.10 Å². The second-order valence-corrected chi connectivity index (χ2v) is 6.36. The first-order chi connectivity index (χ1) is 9.63. The first-order valence-corrected chi connectivity index (χ1v) is 7.57. The second-order valence-electron chi connectivity index (χ2n) is 6.36. The van der Waals surface area contributed by atoms with Gasteiger partial charge in [0.25, 0.3) is 0 Å². The van der Waals surface area contributed by atoms with Gasteiger partial charge in [0.2, 0.25) is 0 Å². The fourth-order valence-corrected chi connectivity index (χ4v) is 3.55. The van der Waals surface area contributed by atoms with Crippen LogP contribution in [0.3, 0.4) is 0 Å². The van der Waals surface area contributed by atoms with E-state index < -0.39 is 0 Å². The van der Waals surface area contributed by atoms with Gasteiger partial charge in [0, 0.05) is 16.5 Å². The van der Waals surface area contributed by atoms with Crippen LogP contribution < -0.4 is 10.5 Å². The normalized spacial score (nSPS) is 26.6. The summed E-state index contributed by atoms with van der Waals surface area (Å²) in [6.07, 6.45) is 3.97. The quantitative estimate of drug-likeness (QED) is 0.807. The van der Waals surface area contributed by atoms with Crippen LogP contribution in [0.4, 0.5) is 5.69 Å². The first kappa shape index (κ1) is 13.3. The molecule has 0 aliphatic heterocycles. The Morgan fingerprint density at radius 1 is 0.900 bits per heavy atom. The molecule has 0 radical (unpaired) electrons. The minimum atomic E-state index is 0.334. The van der Waals surface area contributed by atoms with Crippen LogP contribution in [0, 0.1) is 11.8 Å². The minimum absolute atomic E-state index is 0.334. The molecule has 2 N–H and O–H groups in total. The number of benzene rings is 2. The molecule has 2 aromatic carbocycles. The summed E-state index contributed by atoms with van der Waals surface area (Å²) >= 11 is 0. The van der Waals surface area contributed by atoms with Gasteiger partial charge in [0.1, 0.15) is 5.75 Å². The van der Waals surface area contributed by atoms with E-state index in [9.17, 15) is 0 Å². The maximum atomic E-state index is 6.31. The van der Waals surface area contributed by atoms with Gasteiger partial charge in [-0.3, -0.25) is 0 Å². The Balaban J connectivity index is 1.89. The van der Waals surface area contributed by atoms with Crippen molar-refractivity contribution in [2.24, 2.45) is 11.8 Å². The van der Waals surface area contributed by atoms with Gasteiger partial charge in [-0.05, 0) is 43.2 Å². The molecule has 0 heterocycles. The lowest BCUT2D eigenvalue weighted by molar-refractivity contribution is 0.102. The van der Waals surface area contributed by atoms with Crippen molar-refractivity contribution in [1.82, 2.24) is 0 Å². The standard InChI is InChI=1S/C18H23NO/c1-12-9-13(2)11-14(10-12)20-18-8-7-17(19)15-5-3-4-6-16(15)18/h3-8,12-14H,9-11,19H2,1-2H3. The van der Waals surface area contributed by atoms with E-state index in [4.69, 9.17) is 10.5 Å². The maximum absolute atomic E-state index is 6.31. The van der Waals surface area contributed by atoms with Crippen LogP contribution in [-0.2, 0) is 0 Å². The second kappa shape index (κ2) is 5.35. The number of nitrogens with two attached hydrogens (primary N) is 1. The van der Waals surface area contributed by atoms with Crippen LogP contribution in [0.5, 0.6) is 5.75 Å². The highest BCUT2D eigenvalue weighted by Gasteiger charge is 2.25. The summed E-state index contributed by atoms with van der Waals surface area (Å²) in [7, 11) is 0. The Morgan fingerprint density at radius 3 is 2.25 bits per heavy atom. The molecular formula is C18H23NO. The van der Waals surface area contributed by atoms with Crippen LogP contribution in [0.2, 0.25) is 0 Å². The number of anilines is 1. The molecule has 0 saturated heterocycles. The summed E-state index contributed by atoms with van der Waals surface area (Å²) in [4.78, 5) is 0. The number of hydrogen-bond donors (Lipinski definition) is 1. The molecular weight excluding hydrogens is 246 g/mol. The molecule has 2 unspecified atom stereocenters. The summed E-state index contributed by atoms with van der Waals surface area (Å²) in [5, 5.41) is 2.21. The van der Waals surface area contributed by atoms with Crippen molar-refractivity contribution in [2.75, 3.05) is 5.73 Å². The van der Waals surface area contributed by atoms with Crippen molar-refractivity contribution in [2.45, 2.75) is 39.2 Å². The largest absolute Gasteiger partial charge is 0.490 e. The summed E-state index contributed by atoms with van der Waals surface area (Å²) in [6.45, 7) is 4.65. The summed E-state index contributed by atoms with van der Waals surface area (Å²) in [6, 6.07) is 12.2. The Kier molecular flexibility index (Phi) is 3.56. The van der Waals surface area contributed by atoms with Gasteiger partial charge in [-0.25, -0.2) is 0 Å². The van der Waals surface area contributed by atoms with Crippen molar-refractivity contribution in [1.29, 1.82) is 0 Å². The number of rotatable bonds is 2. The number of nitrogen functional groups attached to an aromatic ring is 1. The van der Waals surface area contributed by atoms with Gasteiger partial charge >= 0.3 is 0 Å². The van der Waals surface area contributed by atoms with Gasteiger partial charge < -0.3 is 10.5 Å². The molecule has 0 aromatic heterocycles. The topological polar surface area (TPSA) is 35.2 Å². The zero-order valence-corrected chi connectivity index (χ0v) is 12.3. The molecule has 3 rings (SSSR count). The van der Waals surface area contributed by atoms with E-state index in [1.54, 1.807) is 0 Å². The minimum Gasteiger partial charge on any atom is -0.490 e. The van der Waals surface area contributed by atoms with E-state index in [-0.39, 0.29) is 0 Å². The third-order valence-corrected chi connectivity index (χ3v) is 4.35. The lowest BCUT2D eigenvalue weighted by atomic mass is 9.82. The van der Waals surface area contributed by atoms with Gasteiger partial charge in [-0.2, -0.15) is 0 Å². The fraction of sp³-hybridized carbons (Fsp3) is 0.444. The maximum Gasteiger partial charge on any atom is 0.127 e. The summed E-state index contributed by atoms with van der Waals surface area (Å²) in [5.74, 6) is 2.48. The Labute approximate surface area is 120 Å². The van der Waals surface area contributed by atoms with E-state index >= 15 is 0 Å². The molecule has 0 amide bonds. The lowest BCUT2D eigenvalue weighted by Gasteiger charge is -2.32. The number of fused-ring (bicyclic) bond motifs is 1. The van der Waals surface area contributed by atoms with Gasteiger partial charge in [-0.1, -0.05) is 38.1 Å². The Morgan fingerprint density at radius 2 is 1.55 bits per heavy atom. The van der Waals surface area contributed by atoms with Crippen LogP contribution >= 0.6 is 0 Å². The molecule has 2 heteroatoms. The molecule has 2 atom stereocenters. The zero-order valence-electron chi connectivity index (χ0n) is 12.3. The molecule has 2 aromatic rings. The molecule has 106 valence electrons. The van der Waals surface area contributed by atoms with Crippen molar-refractivity contribution in [3.63, 3.8) is 0 Å². The van der Waals surface area contributed by atoms with Crippen LogP contribution in [0.25, 0.3) is 10.8 Å². The highest BCUT2D eigenvalue weighted by Crippen LogP contribution is 2.35. The SMILES string of the molecule is CC1CC(C)CC(Oc2ccc(N)c3ccccc23)C1. The lowest BCUT2D eigenvalue weighted by Crippen LogP contribution is -2.28. The summed E-state index contributed by atoms with van der Waals surface area (Å²) < 4.78 is 6.31. The predicted molar refractivity (Wildman–Crippen MR) is 85.0 cm³/mol. The van der Waals surface area contributed by atoms with Crippen molar-refractivity contribution >= 4 is 16.5 Å². The molecule has 1 saturated carbocycles. The Hall–Kier alpha value is -1.70. The molecule has 0 spiro atoms. The molecule has 1 fully saturated rings. The van der Waals surface area contributed by atoms with E-state index in [0.717, 1.165) is 46.9 Å². The fourth-order valence-electron chi connectivity index (χ4n) is 3.55. The highest BCUT2D eigenvalue weighted by atomic mass is 16.5. The molecule has 0 bridgehead atoms. The Bertz CT molecular complexity index is 597. The van der Waals surface area contributed by atoms with Gasteiger partial charge in [0.05, 0.1) is 6.10 Å². The van der Waals surface area contributed by atoms with Crippen molar-refractivity contribution < 1.29 is 4.74 Å². The van der Waals surface area contributed by atoms with Gasteiger partial charge in [0.15, 0.2) is 0 Å². The highest BCUT2D eigenvalue weighted by molar-refractivity contribution is 5.96. The van der Waals surface area contributed by atoms with Gasteiger partial charge in [-0.15, -0.1) is 0 Å². The number of ether oxygens (including phenoxy) is 1. The van der Waals surface area contributed by atoms with Crippen molar-refractivity contribution in [3.8, 4) is 5.75 Å². The average Bonchev–Trinajstić information content (AvgIpc) is 2.41. The predicted octanol–water partition coefficient (Wildman–Crippen LogP) is 4.63. The zero-order chi connectivity index (χ0) is 14.1.